The van der Waals surface area contributed by atoms with Crippen LogP contribution in [0.5, 0.6) is 0 Å². The van der Waals surface area contributed by atoms with Gasteiger partial charge in [-0.3, -0.25) is 9.59 Å². The number of aliphatic hydroxyl groups excluding tert-OH is 1. The van der Waals surface area contributed by atoms with Gasteiger partial charge in [0.2, 0.25) is 5.78 Å². The molecule has 4 heteroatoms. The van der Waals surface area contributed by atoms with Crippen molar-refractivity contribution in [3.8, 4) is 0 Å². The van der Waals surface area contributed by atoms with Gasteiger partial charge in [0.15, 0.2) is 5.60 Å². The largest absolute Gasteiger partial charge is 0.450 e. The Morgan fingerprint density at radius 1 is 1.16 bits per heavy atom. The Labute approximate surface area is 191 Å². The van der Waals surface area contributed by atoms with E-state index in [0.29, 0.717) is 23.8 Å². The molecule has 0 amide bonds. The zero-order valence-corrected chi connectivity index (χ0v) is 19.9. The van der Waals surface area contributed by atoms with Crippen LogP contribution in [0.2, 0.25) is 0 Å². The Hall–Kier alpha value is -2.20. The lowest BCUT2D eigenvalue weighted by atomic mass is 9.76. The van der Waals surface area contributed by atoms with Gasteiger partial charge in [-0.25, -0.2) is 0 Å². The molecule has 1 aromatic carbocycles. The van der Waals surface area contributed by atoms with Crippen LogP contribution < -0.4 is 0 Å². The van der Waals surface area contributed by atoms with E-state index in [-0.39, 0.29) is 35.6 Å². The number of ether oxygens (including phenoxy) is 1. The minimum absolute atomic E-state index is 0.0283. The lowest BCUT2D eigenvalue weighted by molar-refractivity contribution is -0.167. The van der Waals surface area contributed by atoms with Crippen molar-refractivity contribution in [2.24, 2.45) is 29.1 Å². The number of fused-ring (bicyclic) bond motifs is 2. The number of esters is 1. The van der Waals surface area contributed by atoms with Crippen molar-refractivity contribution >= 4 is 11.8 Å². The molecule has 6 atom stereocenters. The molecule has 4 nitrogen and oxygen atoms in total. The first-order valence-electron chi connectivity index (χ1n) is 11.9. The van der Waals surface area contributed by atoms with Crippen molar-refractivity contribution in [3.63, 3.8) is 0 Å². The number of allylic oxidation sites excluding steroid dienone is 1. The topological polar surface area (TPSA) is 63.6 Å². The van der Waals surface area contributed by atoms with Crippen LogP contribution in [0.15, 0.2) is 53.6 Å². The fourth-order valence-electron chi connectivity index (χ4n) is 6.65. The SMILES string of the molecule is CC(=O)OC12CC(C)C(c3ccccc3)C1C=C(CO)CCC1C(C=C(C)C2=O)C1(C)C. The Bertz CT molecular complexity index is 957. The van der Waals surface area contributed by atoms with Gasteiger partial charge in [-0.2, -0.15) is 0 Å². The third-order valence-electron chi connectivity index (χ3n) is 8.38. The summed E-state index contributed by atoms with van der Waals surface area (Å²) in [5.74, 6) is 0.163. The first kappa shape index (κ1) is 23.0. The average molecular weight is 437 g/mol. The minimum Gasteiger partial charge on any atom is -0.450 e. The maximum atomic E-state index is 14.1. The molecule has 3 aliphatic rings. The number of carbonyl (C=O) groups excluding carboxylic acids is 2. The van der Waals surface area contributed by atoms with Gasteiger partial charge in [0.05, 0.1) is 6.61 Å². The molecule has 0 aliphatic heterocycles. The highest BCUT2D eigenvalue weighted by atomic mass is 16.6. The van der Waals surface area contributed by atoms with Crippen LogP contribution in [0.1, 0.15) is 65.4 Å². The summed E-state index contributed by atoms with van der Waals surface area (Å²) >= 11 is 0. The molecule has 0 heterocycles. The molecule has 2 fully saturated rings. The molecule has 1 aromatic rings. The Balaban J connectivity index is 1.89. The van der Waals surface area contributed by atoms with E-state index in [1.165, 1.54) is 6.92 Å². The fraction of sp³-hybridized carbons (Fsp3) is 0.571. The molecule has 172 valence electrons. The third-order valence-corrected chi connectivity index (χ3v) is 8.38. The van der Waals surface area contributed by atoms with Crippen molar-refractivity contribution in [2.45, 2.75) is 65.4 Å². The molecule has 6 unspecified atom stereocenters. The quantitative estimate of drug-likeness (QED) is 0.521. The standard InChI is InChI=1S/C28H36O4/c1-17-13-23-22(27(23,4)5)12-11-20(16-29)14-24-25(21-9-7-6-8-10-21)18(2)15-28(24,26(17)31)32-19(3)30/h6-10,13-14,18,22-25,29H,11-12,15-16H2,1-5H3. The number of benzene rings is 1. The van der Waals surface area contributed by atoms with E-state index in [2.05, 4.69) is 45.1 Å². The molecular formula is C28H36O4. The third kappa shape index (κ3) is 3.77. The lowest BCUT2D eigenvalue weighted by Crippen LogP contribution is -2.47. The molecule has 1 N–H and O–H groups in total. The lowest BCUT2D eigenvalue weighted by Gasteiger charge is -2.35. The molecule has 3 aliphatic carbocycles. The van der Waals surface area contributed by atoms with E-state index in [1.54, 1.807) is 0 Å². The van der Waals surface area contributed by atoms with E-state index < -0.39 is 11.6 Å². The van der Waals surface area contributed by atoms with Gasteiger partial charge in [0, 0.05) is 12.8 Å². The van der Waals surface area contributed by atoms with Crippen LogP contribution in [0.3, 0.4) is 0 Å². The van der Waals surface area contributed by atoms with Gasteiger partial charge < -0.3 is 9.84 Å². The van der Waals surface area contributed by atoms with Crippen molar-refractivity contribution < 1.29 is 19.4 Å². The van der Waals surface area contributed by atoms with Crippen LogP contribution in [-0.2, 0) is 14.3 Å². The molecule has 0 radical (unpaired) electrons. The van der Waals surface area contributed by atoms with Crippen LogP contribution in [0.4, 0.5) is 0 Å². The molecule has 0 saturated heterocycles. The maximum Gasteiger partial charge on any atom is 0.303 e. The number of aliphatic hydroxyl groups is 1. The van der Waals surface area contributed by atoms with Crippen molar-refractivity contribution in [2.75, 3.05) is 6.61 Å². The first-order chi connectivity index (χ1) is 15.1. The van der Waals surface area contributed by atoms with E-state index in [1.807, 2.05) is 25.1 Å². The molecule has 0 aromatic heterocycles. The van der Waals surface area contributed by atoms with Crippen LogP contribution in [0, 0.1) is 29.1 Å². The molecule has 0 spiro atoms. The van der Waals surface area contributed by atoms with Crippen molar-refractivity contribution in [3.05, 3.63) is 59.2 Å². The highest BCUT2D eigenvalue weighted by Crippen LogP contribution is 2.62. The summed E-state index contributed by atoms with van der Waals surface area (Å²) in [7, 11) is 0. The maximum absolute atomic E-state index is 14.1. The Morgan fingerprint density at radius 2 is 1.84 bits per heavy atom. The molecule has 4 rings (SSSR count). The Kier molecular flexibility index (Phi) is 5.96. The summed E-state index contributed by atoms with van der Waals surface area (Å²) < 4.78 is 6.02. The summed E-state index contributed by atoms with van der Waals surface area (Å²) in [5.41, 5.74) is 1.67. The number of hydrogen-bond donors (Lipinski definition) is 1. The number of rotatable bonds is 3. The summed E-state index contributed by atoms with van der Waals surface area (Å²) in [5, 5.41) is 10.2. The van der Waals surface area contributed by atoms with Gasteiger partial charge in [-0.15, -0.1) is 0 Å². The van der Waals surface area contributed by atoms with E-state index in [0.717, 1.165) is 24.0 Å². The van der Waals surface area contributed by atoms with E-state index in [9.17, 15) is 14.7 Å². The normalized spacial score (nSPS) is 36.2. The van der Waals surface area contributed by atoms with Crippen molar-refractivity contribution in [1.29, 1.82) is 0 Å². The molecule has 2 saturated carbocycles. The van der Waals surface area contributed by atoms with Gasteiger partial charge in [-0.1, -0.05) is 63.3 Å². The van der Waals surface area contributed by atoms with E-state index in [4.69, 9.17) is 4.74 Å². The zero-order valence-electron chi connectivity index (χ0n) is 19.9. The van der Waals surface area contributed by atoms with Gasteiger partial charge in [0.25, 0.3) is 0 Å². The zero-order chi connectivity index (χ0) is 23.3. The number of hydrogen-bond acceptors (Lipinski definition) is 4. The molecule has 32 heavy (non-hydrogen) atoms. The van der Waals surface area contributed by atoms with Gasteiger partial charge >= 0.3 is 5.97 Å². The van der Waals surface area contributed by atoms with Crippen LogP contribution in [0.25, 0.3) is 0 Å². The highest BCUT2D eigenvalue weighted by Gasteiger charge is 2.60. The van der Waals surface area contributed by atoms with Crippen LogP contribution >= 0.6 is 0 Å². The fourth-order valence-corrected chi connectivity index (χ4v) is 6.65. The highest BCUT2D eigenvalue weighted by molar-refractivity contribution is 6.03. The molecular weight excluding hydrogens is 400 g/mol. The summed E-state index contributed by atoms with van der Waals surface area (Å²) in [4.78, 5) is 26.4. The van der Waals surface area contributed by atoms with Gasteiger partial charge in [-0.05, 0) is 72.0 Å². The number of Topliss-reactive ketones (excluding diaryl/α,β-unsaturated/α-hetero) is 1. The predicted octanol–water partition coefficient (Wildman–Crippen LogP) is 5.23. The predicted molar refractivity (Wildman–Crippen MR) is 125 cm³/mol. The Morgan fingerprint density at radius 3 is 2.47 bits per heavy atom. The average Bonchev–Trinajstić information content (AvgIpc) is 3.13. The van der Waals surface area contributed by atoms with E-state index >= 15 is 0 Å². The second-order valence-corrected chi connectivity index (χ2v) is 10.8. The minimum atomic E-state index is -1.24. The van der Waals surface area contributed by atoms with Crippen molar-refractivity contribution in [1.82, 2.24) is 0 Å². The van der Waals surface area contributed by atoms with Crippen LogP contribution in [-0.4, -0.2) is 29.1 Å². The summed E-state index contributed by atoms with van der Waals surface area (Å²) in [6, 6.07) is 10.2. The second-order valence-electron chi connectivity index (χ2n) is 10.8. The number of carbonyl (C=O) groups is 2. The summed E-state index contributed by atoms with van der Waals surface area (Å²) in [6.07, 6.45) is 6.46. The smallest absolute Gasteiger partial charge is 0.303 e. The van der Waals surface area contributed by atoms with Gasteiger partial charge in [0.1, 0.15) is 0 Å². The summed E-state index contributed by atoms with van der Waals surface area (Å²) in [6.45, 7) is 9.87. The monoisotopic (exact) mass is 436 g/mol. The number of ketones is 1. The second kappa shape index (κ2) is 8.30. The molecule has 0 bridgehead atoms. The first-order valence-corrected chi connectivity index (χ1v) is 11.9.